The van der Waals surface area contributed by atoms with Crippen LogP contribution in [0.3, 0.4) is 0 Å². The Labute approximate surface area is 181 Å². The number of morpholine rings is 1. The molecule has 2 aromatic heterocycles. The van der Waals surface area contributed by atoms with Gasteiger partial charge in [0.25, 0.3) is 5.91 Å². The molecule has 0 bridgehead atoms. The highest BCUT2D eigenvalue weighted by molar-refractivity contribution is 7.22. The Morgan fingerprint density at radius 2 is 2.03 bits per heavy atom. The molecule has 8 heteroatoms. The Morgan fingerprint density at radius 3 is 2.73 bits per heavy atom. The van der Waals surface area contributed by atoms with Crippen molar-refractivity contribution in [1.29, 1.82) is 0 Å². The first-order valence-corrected chi connectivity index (χ1v) is 11.5. The van der Waals surface area contributed by atoms with Gasteiger partial charge in [-0.3, -0.25) is 19.3 Å². The molecule has 0 radical (unpaired) electrons. The van der Waals surface area contributed by atoms with Crippen molar-refractivity contribution in [2.45, 2.75) is 33.7 Å². The van der Waals surface area contributed by atoms with E-state index < -0.39 is 0 Å². The maximum atomic E-state index is 13.5. The van der Waals surface area contributed by atoms with E-state index in [0.29, 0.717) is 12.2 Å². The number of rotatable bonds is 7. The molecule has 3 aromatic rings. The molecule has 1 amide bonds. The van der Waals surface area contributed by atoms with Gasteiger partial charge in [0.05, 0.1) is 23.4 Å². The second-order valence-corrected chi connectivity index (χ2v) is 8.56. The van der Waals surface area contributed by atoms with E-state index in [9.17, 15) is 4.79 Å². The van der Waals surface area contributed by atoms with Crippen LogP contribution in [0.1, 0.15) is 35.6 Å². The van der Waals surface area contributed by atoms with Gasteiger partial charge in [0.2, 0.25) is 0 Å². The van der Waals surface area contributed by atoms with Crippen LogP contribution in [0.5, 0.6) is 0 Å². The highest BCUT2D eigenvalue weighted by atomic mass is 32.1. The molecule has 3 heterocycles. The van der Waals surface area contributed by atoms with Gasteiger partial charge in [-0.05, 0) is 44.0 Å². The fraction of sp³-hybridized carbons (Fsp3) is 0.500. The molecule has 160 valence electrons. The molecule has 0 aliphatic carbocycles. The third kappa shape index (κ3) is 4.40. The normalized spacial score (nSPS) is 15.0. The summed E-state index contributed by atoms with van der Waals surface area (Å²) in [6, 6.07) is 8.21. The van der Waals surface area contributed by atoms with E-state index in [-0.39, 0.29) is 5.91 Å². The van der Waals surface area contributed by atoms with Crippen molar-refractivity contribution < 1.29 is 9.53 Å². The number of aryl methyl sites for hydroxylation is 3. The minimum Gasteiger partial charge on any atom is -0.379 e. The lowest BCUT2D eigenvalue weighted by molar-refractivity contribution is 0.0391. The summed E-state index contributed by atoms with van der Waals surface area (Å²) in [4.78, 5) is 22.4. The molecule has 1 aromatic carbocycles. The molecule has 1 aliphatic heterocycles. The smallest absolute Gasteiger partial charge is 0.280 e. The third-order valence-electron chi connectivity index (χ3n) is 5.57. The van der Waals surface area contributed by atoms with Gasteiger partial charge < -0.3 is 4.74 Å². The molecule has 0 spiro atoms. The van der Waals surface area contributed by atoms with E-state index >= 15 is 0 Å². The van der Waals surface area contributed by atoms with Crippen molar-refractivity contribution in [1.82, 2.24) is 19.7 Å². The summed E-state index contributed by atoms with van der Waals surface area (Å²) in [6.07, 6.45) is 0.983. The number of hydrogen-bond acceptors (Lipinski definition) is 6. The summed E-state index contributed by atoms with van der Waals surface area (Å²) >= 11 is 1.58. The van der Waals surface area contributed by atoms with Crippen molar-refractivity contribution in [3.8, 4) is 0 Å². The number of anilines is 1. The zero-order valence-corrected chi connectivity index (χ0v) is 18.7. The third-order valence-corrected chi connectivity index (χ3v) is 6.61. The Morgan fingerprint density at radius 1 is 1.23 bits per heavy atom. The number of carbonyl (C=O) groups is 1. The van der Waals surface area contributed by atoms with Crippen LogP contribution >= 0.6 is 11.3 Å². The topological polar surface area (TPSA) is 63.5 Å². The van der Waals surface area contributed by atoms with Crippen LogP contribution in [0.25, 0.3) is 10.2 Å². The highest BCUT2D eigenvalue weighted by Crippen LogP contribution is 2.30. The number of aromatic nitrogens is 3. The van der Waals surface area contributed by atoms with Gasteiger partial charge in [-0.15, -0.1) is 0 Å². The van der Waals surface area contributed by atoms with Gasteiger partial charge in [0.15, 0.2) is 10.8 Å². The van der Waals surface area contributed by atoms with Gasteiger partial charge in [-0.1, -0.05) is 24.3 Å². The number of fused-ring (bicyclic) bond motifs is 1. The zero-order valence-electron chi connectivity index (χ0n) is 17.9. The first kappa shape index (κ1) is 21.0. The minimum atomic E-state index is -0.0895. The van der Waals surface area contributed by atoms with E-state index in [0.717, 1.165) is 66.9 Å². The summed E-state index contributed by atoms with van der Waals surface area (Å²) < 4.78 is 8.43. The van der Waals surface area contributed by atoms with Crippen LogP contribution in [0, 0.1) is 6.92 Å². The summed E-state index contributed by atoms with van der Waals surface area (Å²) in [5.74, 6) is -0.0895. The molecule has 0 atom stereocenters. The molecule has 1 saturated heterocycles. The van der Waals surface area contributed by atoms with Crippen LogP contribution in [0.15, 0.2) is 24.3 Å². The fourth-order valence-electron chi connectivity index (χ4n) is 3.72. The van der Waals surface area contributed by atoms with Crippen molar-refractivity contribution in [2.75, 3.05) is 44.3 Å². The van der Waals surface area contributed by atoms with Crippen molar-refractivity contribution in [3.05, 3.63) is 41.2 Å². The van der Waals surface area contributed by atoms with Crippen LogP contribution in [-0.2, 0) is 17.7 Å². The highest BCUT2D eigenvalue weighted by Gasteiger charge is 2.25. The summed E-state index contributed by atoms with van der Waals surface area (Å²) in [5, 5.41) is 5.26. The Balaban J connectivity index is 1.64. The molecule has 1 fully saturated rings. The number of nitrogens with zero attached hydrogens (tertiary/aromatic N) is 5. The van der Waals surface area contributed by atoms with Crippen molar-refractivity contribution >= 4 is 32.6 Å². The van der Waals surface area contributed by atoms with Crippen LogP contribution in [0.2, 0.25) is 0 Å². The molecular formula is C22H29N5O2S. The lowest BCUT2D eigenvalue weighted by Crippen LogP contribution is -2.43. The molecule has 0 unspecified atom stereocenters. The van der Waals surface area contributed by atoms with Gasteiger partial charge in [0.1, 0.15) is 0 Å². The fourth-order valence-corrected chi connectivity index (χ4v) is 4.77. The average Bonchev–Trinajstić information content (AvgIpc) is 3.36. The Hall–Kier alpha value is -2.29. The minimum absolute atomic E-state index is 0.0895. The SMILES string of the molecule is CCc1ccc2nc(N(CCN3CCOCC3)C(=O)c3cc(C)n(CC)n3)sc2c1. The number of carbonyl (C=O) groups excluding carboxylic acids is 1. The number of amides is 1. The standard InChI is InChI=1S/C22H29N5O2S/c1-4-17-6-7-18-20(15-17)30-22(23-18)26(9-8-25-10-12-29-13-11-25)21(28)19-14-16(3)27(5-2)24-19/h6-7,14-15H,4-5,8-13H2,1-3H3. The van der Waals surface area contributed by atoms with E-state index in [4.69, 9.17) is 9.72 Å². The summed E-state index contributed by atoms with van der Waals surface area (Å²) in [5.41, 5.74) is 3.68. The average molecular weight is 428 g/mol. The van der Waals surface area contributed by atoms with Gasteiger partial charge in [-0.25, -0.2) is 4.98 Å². The lowest BCUT2D eigenvalue weighted by atomic mass is 10.2. The predicted octanol–water partition coefficient (Wildman–Crippen LogP) is 3.36. The van der Waals surface area contributed by atoms with Crippen LogP contribution in [-0.4, -0.2) is 65.0 Å². The van der Waals surface area contributed by atoms with Crippen LogP contribution < -0.4 is 4.90 Å². The number of thiazole rings is 1. The molecular weight excluding hydrogens is 398 g/mol. The molecule has 0 N–H and O–H groups in total. The van der Waals surface area contributed by atoms with E-state index in [2.05, 4.69) is 35.1 Å². The predicted molar refractivity (Wildman–Crippen MR) is 121 cm³/mol. The Kier molecular flexibility index (Phi) is 6.46. The molecule has 0 saturated carbocycles. The number of benzene rings is 1. The molecule has 7 nitrogen and oxygen atoms in total. The lowest BCUT2D eigenvalue weighted by Gasteiger charge is -2.29. The van der Waals surface area contributed by atoms with E-state index in [1.807, 2.05) is 24.6 Å². The maximum Gasteiger partial charge on any atom is 0.280 e. The summed E-state index contributed by atoms with van der Waals surface area (Å²) in [6.45, 7) is 11.6. The van der Waals surface area contributed by atoms with Crippen molar-refractivity contribution in [2.24, 2.45) is 0 Å². The first-order valence-electron chi connectivity index (χ1n) is 10.6. The summed E-state index contributed by atoms with van der Waals surface area (Å²) in [7, 11) is 0. The van der Waals surface area contributed by atoms with Crippen LogP contribution in [0.4, 0.5) is 5.13 Å². The van der Waals surface area contributed by atoms with Gasteiger partial charge in [0, 0.05) is 38.4 Å². The second-order valence-electron chi connectivity index (χ2n) is 7.55. The quantitative estimate of drug-likeness (QED) is 0.579. The monoisotopic (exact) mass is 427 g/mol. The zero-order chi connectivity index (χ0) is 21.1. The molecule has 4 rings (SSSR count). The van der Waals surface area contributed by atoms with E-state index in [1.165, 1.54) is 5.56 Å². The Bertz CT molecular complexity index is 1020. The van der Waals surface area contributed by atoms with Gasteiger partial charge >= 0.3 is 0 Å². The first-order chi connectivity index (χ1) is 14.6. The van der Waals surface area contributed by atoms with E-state index in [1.54, 1.807) is 16.2 Å². The maximum absolute atomic E-state index is 13.5. The number of ether oxygens (including phenoxy) is 1. The van der Waals surface area contributed by atoms with Gasteiger partial charge in [-0.2, -0.15) is 5.10 Å². The number of hydrogen-bond donors (Lipinski definition) is 0. The molecule has 1 aliphatic rings. The van der Waals surface area contributed by atoms with Crippen molar-refractivity contribution in [3.63, 3.8) is 0 Å². The molecule has 30 heavy (non-hydrogen) atoms. The largest absolute Gasteiger partial charge is 0.379 e. The second kappa shape index (κ2) is 9.24.